The molecule has 0 saturated carbocycles. The number of hydrogen-bond acceptors (Lipinski definition) is 3. The van der Waals surface area contributed by atoms with Crippen molar-refractivity contribution in [3.63, 3.8) is 0 Å². The smallest absolute Gasteiger partial charge is 0.137 e. The molecule has 0 saturated heterocycles. The molecule has 0 atom stereocenters. The summed E-state index contributed by atoms with van der Waals surface area (Å²) < 4.78 is 20.5. The molecule has 0 spiro atoms. The highest BCUT2D eigenvalue weighted by Gasteiger charge is 2.01. The fourth-order valence-electron chi connectivity index (χ4n) is 1.33. The first-order valence-corrected chi connectivity index (χ1v) is 5.80. The van der Waals surface area contributed by atoms with Crippen LogP contribution in [0, 0.1) is 5.82 Å². The molecule has 0 unspecified atom stereocenters. The molecule has 6 heteroatoms. The van der Waals surface area contributed by atoms with Crippen molar-refractivity contribution in [1.29, 1.82) is 0 Å². The predicted octanol–water partition coefficient (Wildman–Crippen LogP) is 2.45. The van der Waals surface area contributed by atoms with Gasteiger partial charge < -0.3 is 10.5 Å². The summed E-state index contributed by atoms with van der Waals surface area (Å²) in [5.74, 6) is 0.301. The minimum atomic E-state index is -0.308. The topological polar surface area (TPSA) is 53.1 Å². The molecule has 2 rings (SSSR count). The Bertz CT molecular complexity index is 515. The molecule has 0 amide bonds. The molecule has 4 nitrogen and oxygen atoms in total. The summed E-state index contributed by atoms with van der Waals surface area (Å²) >= 11 is 3.10. The first-order chi connectivity index (χ1) is 8.15. The minimum Gasteiger partial charge on any atom is -0.492 e. The van der Waals surface area contributed by atoms with E-state index in [0.717, 1.165) is 0 Å². The highest BCUT2D eigenvalue weighted by Crippen LogP contribution is 2.21. The minimum absolute atomic E-state index is 0.308. The fraction of sp³-hybridized carbons (Fsp3) is 0.182. The Labute approximate surface area is 106 Å². The highest BCUT2D eigenvalue weighted by atomic mass is 79.9. The van der Waals surface area contributed by atoms with Gasteiger partial charge in [-0.1, -0.05) is 0 Å². The molecular formula is C11H11BrFN3O. The molecule has 17 heavy (non-hydrogen) atoms. The number of aromatic nitrogens is 2. The Morgan fingerprint density at radius 1 is 1.47 bits per heavy atom. The molecule has 0 aliphatic heterocycles. The lowest BCUT2D eigenvalue weighted by Crippen LogP contribution is -2.08. The van der Waals surface area contributed by atoms with Gasteiger partial charge in [0.05, 0.1) is 22.9 Å². The molecule has 0 bridgehead atoms. The molecule has 0 aliphatic carbocycles. The number of benzene rings is 1. The summed E-state index contributed by atoms with van der Waals surface area (Å²) in [6, 6.07) is 4.52. The molecule has 0 aliphatic rings. The number of halogens is 2. The Morgan fingerprint density at radius 2 is 2.29 bits per heavy atom. The van der Waals surface area contributed by atoms with Gasteiger partial charge in [0.25, 0.3) is 0 Å². The zero-order valence-electron chi connectivity index (χ0n) is 8.94. The van der Waals surface area contributed by atoms with Gasteiger partial charge in [-0.15, -0.1) is 0 Å². The Morgan fingerprint density at radius 3 is 2.94 bits per heavy atom. The van der Waals surface area contributed by atoms with Gasteiger partial charge in [0.2, 0.25) is 0 Å². The van der Waals surface area contributed by atoms with E-state index in [1.54, 1.807) is 29.2 Å². The van der Waals surface area contributed by atoms with E-state index >= 15 is 0 Å². The van der Waals surface area contributed by atoms with Crippen molar-refractivity contribution in [3.8, 4) is 5.75 Å². The summed E-state index contributed by atoms with van der Waals surface area (Å²) in [7, 11) is 0. The van der Waals surface area contributed by atoms with E-state index in [0.29, 0.717) is 29.1 Å². The number of ether oxygens (including phenoxy) is 1. The van der Waals surface area contributed by atoms with Crippen molar-refractivity contribution in [2.24, 2.45) is 0 Å². The molecule has 1 aromatic heterocycles. The normalized spacial score (nSPS) is 10.5. The number of hydrogen-bond donors (Lipinski definition) is 1. The highest BCUT2D eigenvalue weighted by molar-refractivity contribution is 9.10. The van der Waals surface area contributed by atoms with E-state index in [4.69, 9.17) is 10.5 Å². The Balaban J connectivity index is 1.87. The van der Waals surface area contributed by atoms with Crippen molar-refractivity contribution < 1.29 is 9.13 Å². The van der Waals surface area contributed by atoms with Crippen LogP contribution in [0.5, 0.6) is 5.75 Å². The van der Waals surface area contributed by atoms with E-state index in [9.17, 15) is 4.39 Å². The van der Waals surface area contributed by atoms with Crippen molar-refractivity contribution >= 4 is 21.6 Å². The Hall–Kier alpha value is -1.56. The third-order valence-corrected chi connectivity index (χ3v) is 2.74. The third-order valence-electron chi connectivity index (χ3n) is 2.13. The van der Waals surface area contributed by atoms with Crippen molar-refractivity contribution in [2.75, 3.05) is 12.3 Å². The number of nitrogen functional groups attached to an aromatic ring is 1. The van der Waals surface area contributed by atoms with Crippen LogP contribution in [0.1, 0.15) is 0 Å². The van der Waals surface area contributed by atoms with Crippen LogP contribution < -0.4 is 10.5 Å². The first-order valence-electron chi connectivity index (χ1n) is 5.01. The van der Waals surface area contributed by atoms with Crippen LogP contribution in [0.15, 0.2) is 35.1 Å². The van der Waals surface area contributed by atoms with Gasteiger partial charge in [0.1, 0.15) is 18.2 Å². The largest absolute Gasteiger partial charge is 0.492 e. The van der Waals surface area contributed by atoms with Crippen LogP contribution in [-0.4, -0.2) is 16.4 Å². The van der Waals surface area contributed by atoms with Crippen LogP contribution in [-0.2, 0) is 6.54 Å². The fourth-order valence-corrected chi connectivity index (χ4v) is 1.68. The lowest BCUT2D eigenvalue weighted by Gasteiger charge is -2.06. The second-order valence-corrected chi connectivity index (χ2v) is 4.32. The van der Waals surface area contributed by atoms with Gasteiger partial charge in [0, 0.05) is 6.20 Å². The number of nitrogens with zero attached hydrogens (tertiary/aromatic N) is 2. The average Bonchev–Trinajstić information content (AvgIpc) is 2.70. The van der Waals surface area contributed by atoms with Gasteiger partial charge in [-0.05, 0) is 34.1 Å². The monoisotopic (exact) mass is 299 g/mol. The molecule has 0 radical (unpaired) electrons. The van der Waals surface area contributed by atoms with Crippen molar-refractivity contribution in [2.45, 2.75) is 6.54 Å². The van der Waals surface area contributed by atoms with Crippen LogP contribution in [0.4, 0.5) is 10.1 Å². The number of nitrogens with two attached hydrogens (primary N) is 1. The number of anilines is 1. The summed E-state index contributed by atoms with van der Waals surface area (Å²) in [4.78, 5) is 0. The predicted molar refractivity (Wildman–Crippen MR) is 66.2 cm³/mol. The molecule has 2 aromatic rings. The van der Waals surface area contributed by atoms with Gasteiger partial charge in [-0.3, -0.25) is 4.68 Å². The van der Waals surface area contributed by atoms with Gasteiger partial charge in [0.15, 0.2) is 0 Å². The molecule has 0 fully saturated rings. The van der Waals surface area contributed by atoms with Crippen molar-refractivity contribution in [1.82, 2.24) is 9.78 Å². The van der Waals surface area contributed by atoms with Crippen LogP contribution in [0.3, 0.4) is 0 Å². The SMILES string of the molecule is Nc1cnn(CCOc2ccc(F)c(Br)c2)c1. The van der Waals surface area contributed by atoms with E-state index in [-0.39, 0.29) is 5.82 Å². The van der Waals surface area contributed by atoms with E-state index in [1.807, 2.05) is 0 Å². The maximum absolute atomic E-state index is 13.0. The van der Waals surface area contributed by atoms with Gasteiger partial charge in [-0.25, -0.2) is 4.39 Å². The van der Waals surface area contributed by atoms with Gasteiger partial charge in [-0.2, -0.15) is 5.10 Å². The van der Waals surface area contributed by atoms with Crippen LogP contribution in [0.2, 0.25) is 0 Å². The third kappa shape index (κ3) is 3.20. The van der Waals surface area contributed by atoms with Crippen LogP contribution >= 0.6 is 15.9 Å². The zero-order chi connectivity index (χ0) is 12.3. The standard InChI is InChI=1S/C11H11BrFN3O/c12-10-5-9(1-2-11(10)13)17-4-3-16-7-8(14)6-15-16/h1-2,5-7H,3-4,14H2. The molecule has 90 valence electrons. The second kappa shape index (κ2) is 5.18. The zero-order valence-corrected chi connectivity index (χ0v) is 10.5. The van der Waals surface area contributed by atoms with Crippen LogP contribution in [0.25, 0.3) is 0 Å². The summed E-state index contributed by atoms with van der Waals surface area (Å²) in [5, 5.41) is 4.02. The van der Waals surface area contributed by atoms with Gasteiger partial charge >= 0.3 is 0 Å². The maximum Gasteiger partial charge on any atom is 0.137 e. The average molecular weight is 300 g/mol. The number of rotatable bonds is 4. The van der Waals surface area contributed by atoms with E-state index < -0.39 is 0 Å². The Kier molecular flexibility index (Phi) is 3.63. The maximum atomic E-state index is 13.0. The second-order valence-electron chi connectivity index (χ2n) is 3.46. The van der Waals surface area contributed by atoms with Crippen molar-refractivity contribution in [3.05, 3.63) is 40.9 Å². The summed E-state index contributed by atoms with van der Waals surface area (Å²) in [6.45, 7) is 1.03. The van der Waals surface area contributed by atoms with E-state index in [2.05, 4.69) is 21.0 Å². The summed E-state index contributed by atoms with van der Waals surface area (Å²) in [6.07, 6.45) is 3.30. The van der Waals surface area contributed by atoms with E-state index in [1.165, 1.54) is 6.07 Å². The molecule has 1 aromatic carbocycles. The quantitative estimate of drug-likeness (QED) is 0.943. The molecular weight excluding hydrogens is 289 g/mol. The molecule has 2 N–H and O–H groups in total. The first kappa shape index (κ1) is 11.9. The lowest BCUT2D eigenvalue weighted by molar-refractivity contribution is 0.291. The lowest BCUT2D eigenvalue weighted by atomic mass is 10.3. The molecule has 1 heterocycles. The summed E-state index contributed by atoms with van der Waals surface area (Å²) in [5.41, 5.74) is 6.15.